The lowest BCUT2D eigenvalue weighted by Crippen LogP contribution is -2.47. The molecule has 0 atom stereocenters. The molecule has 7 nitrogen and oxygen atoms in total. The second-order valence-electron chi connectivity index (χ2n) is 4.55. The lowest BCUT2D eigenvalue weighted by atomic mass is 10.3. The van der Waals surface area contributed by atoms with E-state index in [0.717, 1.165) is 43.6 Å². The zero-order chi connectivity index (χ0) is 13.8. The van der Waals surface area contributed by atoms with Crippen molar-refractivity contribution in [3.8, 4) is 0 Å². The quantitative estimate of drug-likeness (QED) is 0.844. The van der Waals surface area contributed by atoms with E-state index in [1.807, 2.05) is 6.07 Å². The van der Waals surface area contributed by atoms with Gasteiger partial charge in [0, 0.05) is 57.5 Å². The highest BCUT2D eigenvalue weighted by Crippen LogP contribution is 2.18. The minimum absolute atomic E-state index is 0.408. The van der Waals surface area contributed by atoms with Crippen molar-refractivity contribution in [3.05, 3.63) is 36.5 Å². The molecule has 1 fully saturated rings. The zero-order valence-electron chi connectivity index (χ0n) is 11.2. The number of piperazine rings is 1. The summed E-state index contributed by atoms with van der Waals surface area (Å²) in [4.78, 5) is 21.6. The third-order valence-corrected chi connectivity index (χ3v) is 3.36. The Kier molecular flexibility index (Phi) is 3.69. The van der Waals surface area contributed by atoms with Gasteiger partial charge in [-0.1, -0.05) is 0 Å². The molecule has 0 aliphatic carbocycles. The van der Waals surface area contributed by atoms with Crippen LogP contribution >= 0.6 is 0 Å². The van der Waals surface area contributed by atoms with Crippen LogP contribution in [0.15, 0.2) is 30.9 Å². The molecule has 7 heteroatoms. The van der Waals surface area contributed by atoms with Crippen LogP contribution in [0, 0.1) is 0 Å². The normalized spacial score (nSPS) is 15.4. The van der Waals surface area contributed by atoms with Gasteiger partial charge in [0.15, 0.2) is 5.82 Å². The number of aromatic nitrogens is 4. The summed E-state index contributed by atoms with van der Waals surface area (Å²) < 4.78 is 0. The van der Waals surface area contributed by atoms with Crippen LogP contribution in [-0.2, 0) is 6.54 Å². The Bertz CT molecular complexity index is 552. The number of nitrogens with two attached hydrogens (primary N) is 1. The Morgan fingerprint density at radius 2 is 1.50 bits per heavy atom. The van der Waals surface area contributed by atoms with Crippen LogP contribution in [0.1, 0.15) is 5.69 Å². The van der Waals surface area contributed by atoms with Gasteiger partial charge in [0.1, 0.15) is 0 Å². The van der Waals surface area contributed by atoms with Crippen LogP contribution in [0.25, 0.3) is 0 Å². The Morgan fingerprint density at radius 3 is 2.20 bits per heavy atom. The first-order valence-corrected chi connectivity index (χ1v) is 6.65. The smallest absolute Gasteiger partial charge is 0.225 e. The van der Waals surface area contributed by atoms with Gasteiger partial charge in [0.25, 0.3) is 0 Å². The molecule has 0 amide bonds. The maximum absolute atomic E-state index is 5.72. The van der Waals surface area contributed by atoms with Crippen LogP contribution in [-0.4, -0.2) is 46.1 Å². The molecule has 104 valence electrons. The van der Waals surface area contributed by atoms with Gasteiger partial charge in [-0.15, -0.1) is 0 Å². The van der Waals surface area contributed by atoms with E-state index in [-0.39, 0.29) is 0 Å². The molecule has 3 heterocycles. The third kappa shape index (κ3) is 2.53. The molecular formula is C13H17N7. The second-order valence-corrected chi connectivity index (χ2v) is 4.55. The average molecular weight is 271 g/mol. The van der Waals surface area contributed by atoms with Crippen molar-refractivity contribution in [1.29, 1.82) is 0 Å². The minimum Gasteiger partial charge on any atom is -0.352 e. The van der Waals surface area contributed by atoms with E-state index in [0.29, 0.717) is 6.54 Å². The lowest BCUT2D eigenvalue weighted by Gasteiger charge is -2.35. The molecule has 0 aromatic carbocycles. The number of rotatable bonds is 3. The van der Waals surface area contributed by atoms with E-state index in [4.69, 9.17) is 5.73 Å². The van der Waals surface area contributed by atoms with E-state index in [1.54, 1.807) is 24.8 Å². The summed E-state index contributed by atoms with van der Waals surface area (Å²) in [6.07, 6.45) is 6.93. The highest BCUT2D eigenvalue weighted by Gasteiger charge is 2.21. The molecule has 0 radical (unpaired) electrons. The van der Waals surface area contributed by atoms with E-state index < -0.39 is 0 Å². The average Bonchev–Trinajstić information content (AvgIpc) is 2.56. The van der Waals surface area contributed by atoms with Gasteiger partial charge < -0.3 is 15.5 Å². The van der Waals surface area contributed by atoms with Gasteiger partial charge in [-0.2, -0.15) is 0 Å². The van der Waals surface area contributed by atoms with Crippen molar-refractivity contribution in [3.63, 3.8) is 0 Å². The van der Waals surface area contributed by atoms with Crippen LogP contribution in [0.3, 0.4) is 0 Å². The van der Waals surface area contributed by atoms with Crippen LogP contribution in [0.5, 0.6) is 0 Å². The number of anilines is 2. The monoisotopic (exact) mass is 271 g/mol. The molecule has 2 aromatic rings. The first-order chi connectivity index (χ1) is 9.88. The molecule has 0 bridgehead atoms. The Balaban J connectivity index is 1.70. The van der Waals surface area contributed by atoms with Crippen molar-refractivity contribution in [2.45, 2.75) is 6.54 Å². The summed E-state index contributed by atoms with van der Waals surface area (Å²) in [5.74, 6) is 1.67. The molecule has 2 N–H and O–H groups in total. The van der Waals surface area contributed by atoms with Crippen molar-refractivity contribution in [2.75, 3.05) is 36.0 Å². The minimum atomic E-state index is 0.408. The fraction of sp³-hybridized carbons (Fsp3) is 0.385. The molecule has 0 saturated carbocycles. The van der Waals surface area contributed by atoms with Crippen molar-refractivity contribution < 1.29 is 0 Å². The highest BCUT2D eigenvalue weighted by atomic mass is 15.3. The zero-order valence-corrected chi connectivity index (χ0v) is 11.2. The molecular weight excluding hydrogens is 254 g/mol. The molecule has 1 saturated heterocycles. The number of hydrogen-bond acceptors (Lipinski definition) is 7. The summed E-state index contributed by atoms with van der Waals surface area (Å²) in [5, 5.41) is 0. The molecule has 0 unspecified atom stereocenters. The van der Waals surface area contributed by atoms with E-state index in [9.17, 15) is 0 Å². The van der Waals surface area contributed by atoms with Gasteiger partial charge in [0.05, 0.1) is 5.69 Å². The fourth-order valence-corrected chi connectivity index (χ4v) is 2.34. The van der Waals surface area contributed by atoms with Gasteiger partial charge >= 0.3 is 0 Å². The molecule has 3 rings (SSSR count). The second kappa shape index (κ2) is 5.79. The molecule has 20 heavy (non-hydrogen) atoms. The third-order valence-electron chi connectivity index (χ3n) is 3.36. The Hall–Kier alpha value is -2.28. The number of hydrogen-bond donors (Lipinski definition) is 1. The Morgan fingerprint density at radius 1 is 0.850 bits per heavy atom. The summed E-state index contributed by atoms with van der Waals surface area (Å²) >= 11 is 0. The van der Waals surface area contributed by atoms with E-state index in [1.165, 1.54) is 0 Å². The summed E-state index contributed by atoms with van der Waals surface area (Å²) in [5.41, 5.74) is 6.56. The summed E-state index contributed by atoms with van der Waals surface area (Å²) in [6.45, 7) is 3.87. The van der Waals surface area contributed by atoms with Crippen molar-refractivity contribution >= 4 is 11.8 Å². The topological polar surface area (TPSA) is 84.1 Å². The van der Waals surface area contributed by atoms with Crippen LogP contribution < -0.4 is 15.5 Å². The summed E-state index contributed by atoms with van der Waals surface area (Å²) in [7, 11) is 0. The molecule has 1 aliphatic heterocycles. The molecule has 0 spiro atoms. The van der Waals surface area contributed by atoms with Gasteiger partial charge in [-0.25, -0.2) is 15.0 Å². The first-order valence-electron chi connectivity index (χ1n) is 6.65. The van der Waals surface area contributed by atoms with E-state index in [2.05, 4.69) is 29.7 Å². The standard InChI is InChI=1S/C13H17N7/c14-10-11-12(16-5-4-15-11)19-6-8-20(9-7-19)13-17-2-1-3-18-13/h1-5H,6-10,14H2. The number of nitrogens with zero attached hydrogens (tertiary/aromatic N) is 6. The summed E-state index contributed by atoms with van der Waals surface area (Å²) in [6, 6.07) is 1.83. The lowest BCUT2D eigenvalue weighted by molar-refractivity contribution is 0.630. The van der Waals surface area contributed by atoms with Crippen molar-refractivity contribution in [1.82, 2.24) is 19.9 Å². The fourth-order valence-electron chi connectivity index (χ4n) is 2.34. The maximum Gasteiger partial charge on any atom is 0.225 e. The molecule has 2 aromatic heterocycles. The van der Waals surface area contributed by atoms with Gasteiger partial charge in [0.2, 0.25) is 5.95 Å². The van der Waals surface area contributed by atoms with Crippen LogP contribution in [0.2, 0.25) is 0 Å². The molecule has 1 aliphatic rings. The van der Waals surface area contributed by atoms with Gasteiger partial charge in [-0.05, 0) is 6.07 Å². The van der Waals surface area contributed by atoms with Crippen molar-refractivity contribution in [2.24, 2.45) is 5.73 Å². The first kappa shape index (κ1) is 12.7. The SMILES string of the molecule is NCc1nccnc1N1CCN(c2ncccn2)CC1. The predicted molar refractivity (Wildman–Crippen MR) is 76.4 cm³/mol. The van der Waals surface area contributed by atoms with E-state index >= 15 is 0 Å². The Labute approximate surface area is 117 Å². The van der Waals surface area contributed by atoms with Gasteiger partial charge in [-0.3, -0.25) is 4.98 Å². The largest absolute Gasteiger partial charge is 0.352 e. The predicted octanol–water partition coefficient (Wildman–Crippen LogP) is 0.0519. The highest BCUT2D eigenvalue weighted by molar-refractivity contribution is 5.45. The maximum atomic E-state index is 5.72. The van der Waals surface area contributed by atoms with Crippen LogP contribution in [0.4, 0.5) is 11.8 Å².